The predicted octanol–water partition coefficient (Wildman–Crippen LogP) is 1.06. The Hall–Kier alpha value is -1.88. The van der Waals surface area contributed by atoms with E-state index in [-0.39, 0.29) is 11.8 Å². The third-order valence-electron chi connectivity index (χ3n) is 3.08. The summed E-state index contributed by atoms with van der Waals surface area (Å²) in [7, 11) is 0. The summed E-state index contributed by atoms with van der Waals surface area (Å²) < 4.78 is 5.57. The molecule has 5 heteroatoms. The fourth-order valence-corrected chi connectivity index (χ4v) is 2.05. The summed E-state index contributed by atoms with van der Waals surface area (Å²) in [4.78, 5) is 24.1. The van der Waals surface area contributed by atoms with Gasteiger partial charge in [0.1, 0.15) is 5.75 Å². The Morgan fingerprint density at radius 3 is 2.63 bits per heavy atom. The first-order chi connectivity index (χ1) is 9.20. The van der Waals surface area contributed by atoms with Crippen molar-refractivity contribution in [3.63, 3.8) is 0 Å². The van der Waals surface area contributed by atoms with E-state index < -0.39 is 0 Å². The molecule has 0 bridgehead atoms. The molecule has 2 amide bonds. The van der Waals surface area contributed by atoms with Crippen molar-refractivity contribution < 1.29 is 14.3 Å². The Morgan fingerprint density at radius 1 is 1.21 bits per heavy atom. The maximum Gasteiger partial charge on any atom is 0.229 e. The van der Waals surface area contributed by atoms with Gasteiger partial charge in [-0.3, -0.25) is 14.5 Å². The predicted molar refractivity (Wildman–Crippen MR) is 70.4 cm³/mol. The molecule has 1 aromatic carbocycles. The van der Waals surface area contributed by atoms with Crippen LogP contribution >= 0.6 is 0 Å². The van der Waals surface area contributed by atoms with Crippen molar-refractivity contribution in [3.05, 3.63) is 29.8 Å². The molecule has 0 spiro atoms. The van der Waals surface area contributed by atoms with Crippen molar-refractivity contribution in [3.8, 4) is 5.75 Å². The quantitative estimate of drug-likeness (QED) is 0.614. The van der Waals surface area contributed by atoms with Gasteiger partial charge in [0.2, 0.25) is 11.8 Å². The molecule has 1 saturated heterocycles. The molecule has 1 aromatic rings. The van der Waals surface area contributed by atoms with Gasteiger partial charge in [-0.1, -0.05) is 12.1 Å². The van der Waals surface area contributed by atoms with Crippen LogP contribution in [0.15, 0.2) is 24.3 Å². The number of nitrogens with zero attached hydrogens (tertiary/aromatic N) is 1. The van der Waals surface area contributed by atoms with Gasteiger partial charge in [-0.2, -0.15) is 0 Å². The zero-order valence-electron chi connectivity index (χ0n) is 10.8. The van der Waals surface area contributed by atoms with E-state index in [2.05, 4.69) is 0 Å². The minimum atomic E-state index is -0.0740. The van der Waals surface area contributed by atoms with Crippen LogP contribution < -0.4 is 10.5 Å². The molecule has 0 saturated carbocycles. The second kappa shape index (κ2) is 6.33. The number of hydrogen-bond donors (Lipinski definition) is 1. The second-order valence-corrected chi connectivity index (χ2v) is 4.49. The summed E-state index contributed by atoms with van der Waals surface area (Å²) in [6.45, 7) is 1.40. The normalized spacial score (nSPS) is 15.1. The number of carbonyl (C=O) groups excluding carboxylic acids is 2. The standard InChI is InChI=1S/C14H18N2O3/c15-10-11-3-1-4-12(9-11)19-8-2-7-16-13(17)5-6-14(16)18/h1,3-4,9H,2,5-8,10,15H2. The van der Waals surface area contributed by atoms with Crippen LogP contribution in [0.2, 0.25) is 0 Å². The van der Waals surface area contributed by atoms with E-state index in [1.807, 2.05) is 24.3 Å². The lowest BCUT2D eigenvalue weighted by atomic mass is 10.2. The molecule has 1 heterocycles. The van der Waals surface area contributed by atoms with Crippen LogP contribution in [-0.2, 0) is 16.1 Å². The van der Waals surface area contributed by atoms with Crippen LogP contribution in [0.1, 0.15) is 24.8 Å². The zero-order valence-corrected chi connectivity index (χ0v) is 10.8. The van der Waals surface area contributed by atoms with E-state index in [0.29, 0.717) is 39.0 Å². The van der Waals surface area contributed by atoms with Crippen LogP contribution in [-0.4, -0.2) is 29.9 Å². The van der Waals surface area contributed by atoms with Crippen LogP contribution in [0.5, 0.6) is 5.75 Å². The van der Waals surface area contributed by atoms with Gasteiger partial charge >= 0.3 is 0 Å². The second-order valence-electron chi connectivity index (χ2n) is 4.49. The summed E-state index contributed by atoms with van der Waals surface area (Å²) in [6.07, 6.45) is 1.33. The van der Waals surface area contributed by atoms with E-state index >= 15 is 0 Å². The van der Waals surface area contributed by atoms with Gasteiger partial charge in [0.25, 0.3) is 0 Å². The Balaban J connectivity index is 1.74. The molecule has 102 valence electrons. The minimum absolute atomic E-state index is 0.0740. The SMILES string of the molecule is NCc1cccc(OCCCN2C(=O)CCC2=O)c1. The minimum Gasteiger partial charge on any atom is -0.494 e. The smallest absolute Gasteiger partial charge is 0.229 e. The molecule has 1 fully saturated rings. The number of carbonyl (C=O) groups is 2. The van der Waals surface area contributed by atoms with Gasteiger partial charge in [-0.05, 0) is 24.1 Å². The van der Waals surface area contributed by atoms with Gasteiger partial charge in [-0.25, -0.2) is 0 Å². The Kier molecular flexibility index (Phi) is 4.52. The molecule has 2 N–H and O–H groups in total. The van der Waals surface area contributed by atoms with Crippen molar-refractivity contribution in [2.24, 2.45) is 5.73 Å². The molecular weight excluding hydrogens is 244 g/mol. The summed E-state index contributed by atoms with van der Waals surface area (Å²) in [5.41, 5.74) is 6.57. The molecule has 0 unspecified atom stereocenters. The average molecular weight is 262 g/mol. The van der Waals surface area contributed by atoms with Crippen molar-refractivity contribution in [1.29, 1.82) is 0 Å². The highest BCUT2D eigenvalue weighted by molar-refractivity contribution is 6.01. The number of likely N-dealkylation sites (tertiary alicyclic amines) is 1. The van der Waals surface area contributed by atoms with E-state index in [4.69, 9.17) is 10.5 Å². The van der Waals surface area contributed by atoms with Gasteiger partial charge in [-0.15, -0.1) is 0 Å². The maximum absolute atomic E-state index is 11.4. The fraction of sp³-hybridized carbons (Fsp3) is 0.429. The number of rotatable bonds is 6. The summed E-state index contributed by atoms with van der Waals surface area (Å²) in [5, 5.41) is 0. The van der Waals surface area contributed by atoms with E-state index in [0.717, 1.165) is 11.3 Å². The van der Waals surface area contributed by atoms with Crippen LogP contribution in [0, 0.1) is 0 Å². The van der Waals surface area contributed by atoms with Crippen LogP contribution in [0.25, 0.3) is 0 Å². The molecule has 0 atom stereocenters. The van der Waals surface area contributed by atoms with Crippen LogP contribution in [0.4, 0.5) is 0 Å². The number of hydrogen-bond acceptors (Lipinski definition) is 4. The summed E-state index contributed by atoms with van der Waals surface area (Å²) in [5.74, 6) is 0.618. The largest absolute Gasteiger partial charge is 0.494 e. The molecule has 5 nitrogen and oxygen atoms in total. The number of amides is 2. The molecule has 0 aromatic heterocycles. The zero-order chi connectivity index (χ0) is 13.7. The topological polar surface area (TPSA) is 72.6 Å². The molecule has 1 aliphatic rings. The van der Waals surface area contributed by atoms with Gasteiger partial charge in [0, 0.05) is 25.9 Å². The van der Waals surface area contributed by atoms with Gasteiger partial charge in [0.05, 0.1) is 6.61 Å². The molecule has 0 radical (unpaired) electrons. The monoisotopic (exact) mass is 262 g/mol. The lowest BCUT2D eigenvalue weighted by Gasteiger charge is -2.14. The van der Waals surface area contributed by atoms with E-state index in [1.165, 1.54) is 4.90 Å². The Morgan fingerprint density at radius 2 is 1.95 bits per heavy atom. The van der Waals surface area contributed by atoms with Crippen molar-refractivity contribution in [1.82, 2.24) is 4.90 Å². The highest BCUT2D eigenvalue weighted by Crippen LogP contribution is 2.14. The Bertz CT molecular complexity index is 458. The van der Waals surface area contributed by atoms with E-state index in [9.17, 15) is 9.59 Å². The third-order valence-corrected chi connectivity index (χ3v) is 3.08. The first kappa shape index (κ1) is 13.5. The number of imide groups is 1. The van der Waals surface area contributed by atoms with Crippen molar-refractivity contribution in [2.75, 3.05) is 13.2 Å². The third kappa shape index (κ3) is 3.54. The van der Waals surface area contributed by atoms with E-state index in [1.54, 1.807) is 0 Å². The molecule has 0 aliphatic carbocycles. The maximum atomic E-state index is 11.4. The number of nitrogens with two attached hydrogens (primary N) is 1. The lowest BCUT2D eigenvalue weighted by molar-refractivity contribution is -0.138. The van der Waals surface area contributed by atoms with Crippen LogP contribution in [0.3, 0.4) is 0 Å². The summed E-state index contributed by atoms with van der Waals surface area (Å²) in [6, 6.07) is 7.59. The highest BCUT2D eigenvalue weighted by Gasteiger charge is 2.27. The average Bonchev–Trinajstić information content (AvgIpc) is 2.75. The molecule has 19 heavy (non-hydrogen) atoms. The molecule has 1 aliphatic heterocycles. The highest BCUT2D eigenvalue weighted by atomic mass is 16.5. The van der Waals surface area contributed by atoms with Gasteiger partial charge in [0.15, 0.2) is 0 Å². The molecule has 2 rings (SSSR count). The molecular formula is C14H18N2O3. The Labute approximate surface area is 112 Å². The number of benzene rings is 1. The first-order valence-corrected chi connectivity index (χ1v) is 6.45. The fourth-order valence-electron chi connectivity index (χ4n) is 2.05. The van der Waals surface area contributed by atoms with Crippen molar-refractivity contribution in [2.45, 2.75) is 25.8 Å². The first-order valence-electron chi connectivity index (χ1n) is 6.45. The number of ether oxygens (including phenoxy) is 1. The van der Waals surface area contributed by atoms with Crippen molar-refractivity contribution >= 4 is 11.8 Å². The van der Waals surface area contributed by atoms with Gasteiger partial charge < -0.3 is 10.5 Å². The summed E-state index contributed by atoms with van der Waals surface area (Å²) >= 11 is 0. The lowest BCUT2D eigenvalue weighted by Crippen LogP contribution is -2.30.